The number of benzene rings is 1. The molecule has 4 heteroatoms. The van der Waals surface area contributed by atoms with Gasteiger partial charge in [-0.1, -0.05) is 31.5 Å². The van der Waals surface area contributed by atoms with Crippen LogP contribution in [0, 0.1) is 0 Å². The molecule has 0 spiro atoms. The molecule has 1 atom stereocenters. The molecule has 0 amide bonds. The summed E-state index contributed by atoms with van der Waals surface area (Å²) in [5.41, 5.74) is 0.585. The molecule has 0 aliphatic heterocycles. The summed E-state index contributed by atoms with van der Waals surface area (Å²) >= 11 is 1.81. The summed E-state index contributed by atoms with van der Waals surface area (Å²) in [7, 11) is 1.63. The second kappa shape index (κ2) is 9.87. The first-order valence-corrected chi connectivity index (χ1v) is 7.76. The molecule has 0 bridgehead atoms. The predicted molar refractivity (Wildman–Crippen MR) is 79.8 cm³/mol. The Kier molecular flexibility index (Phi) is 8.34. The Morgan fingerprint density at radius 1 is 1.32 bits per heavy atom. The minimum Gasteiger partial charge on any atom is -0.455 e. The summed E-state index contributed by atoms with van der Waals surface area (Å²) in [6, 6.07) is 9.06. The maximum atomic E-state index is 11.9. The Bertz CT molecular complexity index is 354. The zero-order valence-electron chi connectivity index (χ0n) is 11.6. The number of unbranched alkanes of at least 4 members (excludes halogenated alkanes) is 1. The van der Waals surface area contributed by atoms with Gasteiger partial charge in [-0.3, -0.25) is 0 Å². The van der Waals surface area contributed by atoms with Crippen molar-refractivity contribution in [2.24, 2.45) is 0 Å². The number of methoxy groups -OCH3 is 1. The molecule has 1 aromatic carbocycles. The smallest absolute Gasteiger partial charge is 0.338 e. The predicted octanol–water partition coefficient (Wildman–Crippen LogP) is 3.39. The molecule has 1 rings (SSSR count). The van der Waals surface area contributed by atoms with E-state index >= 15 is 0 Å². The fraction of sp³-hybridized carbons (Fsp3) is 0.533. The zero-order chi connectivity index (χ0) is 13.9. The number of carbonyl (C=O) groups is 1. The van der Waals surface area contributed by atoms with Crippen molar-refractivity contribution in [1.82, 2.24) is 0 Å². The molecule has 0 aromatic heterocycles. The van der Waals surface area contributed by atoms with Crippen molar-refractivity contribution < 1.29 is 14.3 Å². The fourth-order valence-electron chi connectivity index (χ4n) is 1.56. The standard InChI is InChI=1S/C15H22O3S/c1-3-4-10-19-12-14(11-17-2)18-15(16)13-8-6-5-7-9-13/h5-9,14H,3-4,10-12H2,1-2H3/t14-/m0/s1. The van der Waals surface area contributed by atoms with E-state index < -0.39 is 0 Å². The van der Waals surface area contributed by atoms with Gasteiger partial charge in [-0.25, -0.2) is 4.79 Å². The summed E-state index contributed by atoms with van der Waals surface area (Å²) in [6.45, 7) is 2.61. The highest BCUT2D eigenvalue weighted by Crippen LogP contribution is 2.11. The second-order valence-electron chi connectivity index (χ2n) is 4.28. The first-order chi connectivity index (χ1) is 9.27. The number of hydrogen-bond acceptors (Lipinski definition) is 4. The van der Waals surface area contributed by atoms with Crippen molar-refractivity contribution >= 4 is 17.7 Å². The number of thioether (sulfide) groups is 1. The normalized spacial score (nSPS) is 12.1. The van der Waals surface area contributed by atoms with E-state index in [1.165, 1.54) is 12.8 Å². The number of hydrogen-bond donors (Lipinski definition) is 0. The molecule has 106 valence electrons. The average Bonchev–Trinajstić information content (AvgIpc) is 2.44. The van der Waals surface area contributed by atoms with Gasteiger partial charge in [0.15, 0.2) is 0 Å². The molecular formula is C15H22O3S. The first kappa shape index (κ1) is 16.1. The lowest BCUT2D eigenvalue weighted by atomic mass is 10.2. The number of rotatable bonds is 9. The molecule has 0 saturated heterocycles. The van der Waals surface area contributed by atoms with E-state index in [1.807, 2.05) is 18.2 Å². The summed E-state index contributed by atoms with van der Waals surface area (Å²) in [4.78, 5) is 11.9. The van der Waals surface area contributed by atoms with Gasteiger partial charge in [0.1, 0.15) is 6.10 Å². The van der Waals surface area contributed by atoms with Crippen LogP contribution in [-0.2, 0) is 9.47 Å². The van der Waals surface area contributed by atoms with Crippen LogP contribution in [0.5, 0.6) is 0 Å². The van der Waals surface area contributed by atoms with E-state index in [1.54, 1.807) is 31.0 Å². The topological polar surface area (TPSA) is 35.5 Å². The molecule has 19 heavy (non-hydrogen) atoms. The Hall–Kier alpha value is -1.00. The molecular weight excluding hydrogens is 260 g/mol. The SMILES string of the molecule is CCCCSC[C@H](COC)OC(=O)c1ccccc1. The Labute approximate surface area is 119 Å². The molecule has 0 unspecified atom stereocenters. The van der Waals surface area contributed by atoms with Crippen molar-refractivity contribution in [3.63, 3.8) is 0 Å². The van der Waals surface area contributed by atoms with Crippen LogP contribution in [0.4, 0.5) is 0 Å². The van der Waals surface area contributed by atoms with E-state index in [0.29, 0.717) is 12.2 Å². The van der Waals surface area contributed by atoms with Crippen LogP contribution in [0.3, 0.4) is 0 Å². The molecule has 0 aliphatic rings. The summed E-state index contributed by atoms with van der Waals surface area (Å²) in [5.74, 6) is 1.60. The van der Waals surface area contributed by atoms with Gasteiger partial charge in [0.25, 0.3) is 0 Å². The van der Waals surface area contributed by atoms with Gasteiger partial charge < -0.3 is 9.47 Å². The summed E-state index contributed by atoms with van der Waals surface area (Å²) in [5, 5.41) is 0. The Balaban J connectivity index is 2.41. The third-order valence-corrected chi connectivity index (χ3v) is 3.77. The summed E-state index contributed by atoms with van der Waals surface area (Å²) in [6.07, 6.45) is 2.20. The summed E-state index contributed by atoms with van der Waals surface area (Å²) < 4.78 is 10.6. The van der Waals surface area contributed by atoms with Crippen molar-refractivity contribution in [2.45, 2.75) is 25.9 Å². The Morgan fingerprint density at radius 3 is 2.68 bits per heavy atom. The van der Waals surface area contributed by atoms with Crippen LogP contribution in [0.15, 0.2) is 30.3 Å². The van der Waals surface area contributed by atoms with Crippen molar-refractivity contribution in [3.8, 4) is 0 Å². The molecule has 0 N–H and O–H groups in total. The molecule has 0 aliphatic carbocycles. The van der Waals surface area contributed by atoms with Gasteiger partial charge >= 0.3 is 5.97 Å². The average molecular weight is 282 g/mol. The van der Waals surface area contributed by atoms with Crippen molar-refractivity contribution in [2.75, 3.05) is 25.2 Å². The van der Waals surface area contributed by atoms with E-state index in [0.717, 1.165) is 11.5 Å². The van der Waals surface area contributed by atoms with Gasteiger partial charge in [0.05, 0.1) is 12.2 Å². The lowest BCUT2D eigenvalue weighted by molar-refractivity contribution is 0.0135. The van der Waals surface area contributed by atoms with E-state index in [2.05, 4.69) is 6.92 Å². The second-order valence-corrected chi connectivity index (χ2v) is 5.43. The quantitative estimate of drug-likeness (QED) is 0.514. The maximum absolute atomic E-state index is 11.9. The van der Waals surface area contributed by atoms with Crippen LogP contribution in [0.25, 0.3) is 0 Å². The van der Waals surface area contributed by atoms with E-state index in [9.17, 15) is 4.79 Å². The van der Waals surface area contributed by atoms with Crippen LogP contribution in [-0.4, -0.2) is 37.3 Å². The monoisotopic (exact) mass is 282 g/mol. The zero-order valence-corrected chi connectivity index (χ0v) is 12.4. The van der Waals surface area contributed by atoms with E-state index in [4.69, 9.17) is 9.47 Å². The van der Waals surface area contributed by atoms with Crippen molar-refractivity contribution in [3.05, 3.63) is 35.9 Å². The van der Waals surface area contributed by atoms with Crippen LogP contribution in [0.2, 0.25) is 0 Å². The van der Waals surface area contributed by atoms with Crippen molar-refractivity contribution in [1.29, 1.82) is 0 Å². The molecule has 0 fully saturated rings. The maximum Gasteiger partial charge on any atom is 0.338 e. The third kappa shape index (κ3) is 6.64. The minimum atomic E-state index is -0.279. The molecule has 0 radical (unpaired) electrons. The lowest BCUT2D eigenvalue weighted by Gasteiger charge is -2.16. The van der Waals surface area contributed by atoms with E-state index in [-0.39, 0.29) is 12.1 Å². The third-order valence-electron chi connectivity index (χ3n) is 2.58. The largest absolute Gasteiger partial charge is 0.455 e. The number of ether oxygens (including phenoxy) is 2. The number of esters is 1. The first-order valence-electron chi connectivity index (χ1n) is 6.60. The molecule has 0 heterocycles. The van der Waals surface area contributed by atoms with Crippen LogP contribution >= 0.6 is 11.8 Å². The van der Waals surface area contributed by atoms with Gasteiger partial charge in [-0.2, -0.15) is 11.8 Å². The number of carbonyl (C=O) groups excluding carboxylic acids is 1. The lowest BCUT2D eigenvalue weighted by Crippen LogP contribution is -2.25. The van der Waals surface area contributed by atoms with Crippen LogP contribution < -0.4 is 0 Å². The fourth-order valence-corrected chi connectivity index (χ4v) is 2.64. The van der Waals surface area contributed by atoms with Gasteiger partial charge in [0.2, 0.25) is 0 Å². The minimum absolute atomic E-state index is 0.181. The Morgan fingerprint density at radius 2 is 2.05 bits per heavy atom. The van der Waals surface area contributed by atoms with Crippen LogP contribution in [0.1, 0.15) is 30.1 Å². The van der Waals surface area contributed by atoms with Gasteiger partial charge in [-0.05, 0) is 24.3 Å². The highest BCUT2D eigenvalue weighted by molar-refractivity contribution is 7.99. The van der Waals surface area contributed by atoms with Gasteiger partial charge in [0, 0.05) is 12.9 Å². The molecule has 0 saturated carbocycles. The van der Waals surface area contributed by atoms with Gasteiger partial charge in [-0.15, -0.1) is 0 Å². The highest BCUT2D eigenvalue weighted by atomic mass is 32.2. The molecule has 1 aromatic rings. The molecule has 3 nitrogen and oxygen atoms in total. The highest BCUT2D eigenvalue weighted by Gasteiger charge is 2.15.